The van der Waals surface area contributed by atoms with Crippen LogP contribution >= 0.6 is 27.5 Å². The van der Waals surface area contributed by atoms with Gasteiger partial charge in [0.2, 0.25) is 5.91 Å². The number of halogens is 2. The number of piperidine rings is 1. The molecule has 1 aliphatic heterocycles. The molecular formula is C18H18BrClN2O. The molecule has 3 rings (SSSR count). The molecule has 0 unspecified atom stereocenters. The Kier molecular flexibility index (Phi) is 5.23. The molecule has 120 valence electrons. The van der Waals surface area contributed by atoms with Crippen molar-refractivity contribution in [1.82, 2.24) is 0 Å². The number of rotatable bonds is 3. The highest BCUT2D eigenvalue weighted by Gasteiger charge is 2.25. The van der Waals surface area contributed by atoms with Gasteiger partial charge < -0.3 is 10.2 Å². The monoisotopic (exact) mass is 392 g/mol. The maximum Gasteiger partial charge on any atom is 0.227 e. The summed E-state index contributed by atoms with van der Waals surface area (Å²) in [4.78, 5) is 14.8. The molecule has 1 fully saturated rings. The quantitative estimate of drug-likeness (QED) is 0.799. The van der Waals surface area contributed by atoms with Crippen LogP contribution in [0, 0.1) is 5.92 Å². The van der Waals surface area contributed by atoms with Gasteiger partial charge in [-0.15, -0.1) is 0 Å². The van der Waals surface area contributed by atoms with Gasteiger partial charge in [-0.1, -0.05) is 45.7 Å². The van der Waals surface area contributed by atoms with Crippen LogP contribution in [0.4, 0.5) is 11.4 Å². The first-order chi connectivity index (χ1) is 11.1. The Hall–Kier alpha value is -1.52. The van der Waals surface area contributed by atoms with Crippen molar-refractivity contribution in [3.8, 4) is 0 Å². The second kappa shape index (κ2) is 7.37. The molecule has 0 radical (unpaired) electrons. The number of hydrogen-bond acceptors (Lipinski definition) is 2. The first-order valence-corrected chi connectivity index (χ1v) is 8.86. The van der Waals surface area contributed by atoms with Gasteiger partial charge in [0.1, 0.15) is 0 Å². The lowest BCUT2D eigenvalue weighted by Gasteiger charge is -2.33. The van der Waals surface area contributed by atoms with Gasteiger partial charge >= 0.3 is 0 Å². The Balaban J connectivity index is 1.58. The molecule has 0 aromatic heterocycles. The van der Waals surface area contributed by atoms with Crippen molar-refractivity contribution in [3.63, 3.8) is 0 Å². The predicted molar refractivity (Wildman–Crippen MR) is 99.2 cm³/mol. The van der Waals surface area contributed by atoms with Gasteiger partial charge in [0, 0.05) is 29.2 Å². The molecule has 3 nitrogen and oxygen atoms in total. The van der Waals surface area contributed by atoms with Crippen molar-refractivity contribution in [2.75, 3.05) is 23.3 Å². The summed E-state index contributed by atoms with van der Waals surface area (Å²) in [6.07, 6.45) is 1.71. The van der Waals surface area contributed by atoms with Gasteiger partial charge in [-0.05, 0) is 43.2 Å². The van der Waals surface area contributed by atoms with Gasteiger partial charge in [0.05, 0.1) is 10.7 Å². The number of amides is 1. The summed E-state index contributed by atoms with van der Waals surface area (Å²) in [7, 11) is 0. The van der Waals surface area contributed by atoms with Crippen LogP contribution in [0.3, 0.4) is 0 Å². The van der Waals surface area contributed by atoms with Crippen molar-refractivity contribution < 1.29 is 4.79 Å². The third kappa shape index (κ3) is 4.06. The smallest absolute Gasteiger partial charge is 0.227 e. The van der Waals surface area contributed by atoms with Crippen LogP contribution in [0.2, 0.25) is 5.02 Å². The van der Waals surface area contributed by atoms with Gasteiger partial charge in [-0.3, -0.25) is 4.79 Å². The molecule has 23 heavy (non-hydrogen) atoms. The fourth-order valence-corrected chi connectivity index (χ4v) is 3.58. The van der Waals surface area contributed by atoms with Crippen LogP contribution < -0.4 is 10.2 Å². The van der Waals surface area contributed by atoms with Gasteiger partial charge in [-0.2, -0.15) is 0 Å². The van der Waals surface area contributed by atoms with Crippen LogP contribution in [-0.2, 0) is 4.79 Å². The summed E-state index contributed by atoms with van der Waals surface area (Å²) in [5.74, 6) is 0.0941. The molecule has 1 N–H and O–H groups in total. The number of nitrogens with zero attached hydrogens (tertiary/aromatic N) is 1. The van der Waals surface area contributed by atoms with E-state index in [4.69, 9.17) is 11.6 Å². The highest BCUT2D eigenvalue weighted by molar-refractivity contribution is 9.10. The molecule has 1 amide bonds. The number of nitrogens with one attached hydrogen (secondary N) is 1. The Morgan fingerprint density at radius 1 is 1.13 bits per heavy atom. The summed E-state index contributed by atoms with van der Waals surface area (Å²) in [5, 5.41) is 3.50. The Bertz CT molecular complexity index is 685. The van der Waals surface area contributed by atoms with Crippen molar-refractivity contribution >= 4 is 44.8 Å². The van der Waals surface area contributed by atoms with Crippen LogP contribution in [0.1, 0.15) is 12.8 Å². The molecule has 2 aromatic carbocycles. The van der Waals surface area contributed by atoms with Crippen LogP contribution in [-0.4, -0.2) is 19.0 Å². The number of anilines is 2. The standard InChI is InChI=1S/C18H18BrClN2O/c19-14-6-7-17(16(20)12-14)21-18(23)13-8-10-22(11-9-13)15-4-2-1-3-5-15/h1-7,12-13H,8-11H2,(H,21,23). The topological polar surface area (TPSA) is 32.3 Å². The van der Waals surface area contributed by atoms with E-state index < -0.39 is 0 Å². The fraction of sp³-hybridized carbons (Fsp3) is 0.278. The Labute approximate surface area is 149 Å². The van der Waals surface area contributed by atoms with E-state index in [0.29, 0.717) is 10.7 Å². The first kappa shape index (κ1) is 16.3. The minimum atomic E-state index is 0.0367. The molecule has 0 spiro atoms. The maximum absolute atomic E-state index is 12.4. The predicted octanol–water partition coefficient (Wildman–Crippen LogP) is 4.96. The lowest BCUT2D eigenvalue weighted by molar-refractivity contribution is -0.120. The van der Waals surface area contributed by atoms with Crippen molar-refractivity contribution in [2.24, 2.45) is 5.92 Å². The van der Waals surface area contributed by atoms with Crippen molar-refractivity contribution in [2.45, 2.75) is 12.8 Å². The van der Waals surface area contributed by atoms with Crippen molar-refractivity contribution in [1.29, 1.82) is 0 Å². The fourth-order valence-electron chi connectivity index (χ4n) is 2.86. The lowest BCUT2D eigenvalue weighted by Crippen LogP contribution is -2.38. The minimum Gasteiger partial charge on any atom is -0.371 e. The first-order valence-electron chi connectivity index (χ1n) is 7.69. The number of carbonyl (C=O) groups is 1. The van der Waals surface area contributed by atoms with E-state index in [0.717, 1.165) is 30.4 Å². The summed E-state index contributed by atoms with van der Waals surface area (Å²) in [5.41, 5.74) is 1.90. The van der Waals surface area contributed by atoms with Crippen LogP contribution in [0.5, 0.6) is 0 Å². The summed E-state index contributed by atoms with van der Waals surface area (Å²) in [6, 6.07) is 15.8. The largest absolute Gasteiger partial charge is 0.371 e. The Morgan fingerprint density at radius 2 is 1.83 bits per heavy atom. The average molecular weight is 394 g/mol. The summed E-state index contributed by atoms with van der Waals surface area (Å²) < 4.78 is 0.900. The zero-order chi connectivity index (χ0) is 16.2. The zero-order valence-corrected chi connectivity index (χ0v) is 15.0. The van der Waals surface area contributed by atoms with Crippen LogP contribution in [0.25, 0.3) is 0 Å². The summed E-state index contributed by atoms with van der Waals surface area (Å²) >= 11 is 9.53. The lowest BCUT2D eigenvalue weighted by atomic mass is 9.95. The molecule has 0 atom stereocenters. The van der Waals surface area contributed by atoms with Crippen LogP contribution in [0.15, 0.2) is 53.0 Å². The molecule has 1 aliphatic rings. The number of benzene rings is 2. The molecule has 2 aromatic rings. The van der Waals surface area contributed by atoms with E-state index in [-0.39, 0.29) is 11.8 Å². The minimum absolute atomic E-state index is 0.0367. The van der Waals surface area contributed by atoms with E-state index in [2.05, 4.69) is 38.3 Å². The molecule has 1 saturated heterocycles. The molecule has 1 heterocycles. The molecule has 0 aliphatic carbocycles. The second-order valence-electron chi connectivity index (χ2n) is 5.71. The molecular weight excluding hydrogens is 376 g/mol. The molecule has 0 saturated carbocycles. The molecule has 0 bridgehead atoms. The average Bonchev–Trinajstić information content (AvgIpc) is 2.58. The second-order valence-corrected chi connectivity index (χ2v) is 7.03. The maximum atomic E-state index is 12.4. The number of hydrogen-bond donors (Lipinski definition) is 1. The van der Waals surface area contributed by atoms with E-state index in [1.54, 1.807) is 6.07 Å². The molecule has 5 heteroatoms. The SMILES string of the molecule is O=C(Nc1ccc(Br)cc1Cl)C1CCN(c2ccccc2)CC1. The highest BCUT2D eigenvalue weighted by Crippen LogP contribution is 2.28. The van der Waals surface area contributed by atoms with Gasteiger partial charge in [-0.25, -0.2) is 0 Å². The van der Waals surface area contributed by atoms with Crippen molar-refractivity contribution in [3.05, 3.63) is 58.0 Å². The zero-order valence-electron chi connectivity index (χ0n) is 12.6. The van der Waals surface area contributed by atoms with E-state index >= 15 is 0 Å². The van der Waals surface area contributed by atoms with E-state index in [9.17, 15) is 4.79 Å². The summed E-state index contributed by atoms with van der Waals surface area (Å²) in [6.45, 7) is 1.80. The number of carbonyl (C=O) groups excluding carboxylic acids is 1. The van der Waals surface area contributed by atoms with E-state index in [1.807, 2.05) is 30.3 Å². The Morgan fingerprint density at radius 3 is 2.48 bits per heavy atom. The third-order valence-corrected chi connectivity index (χ3v) is 4.98. The van der Waals surface area contributed by atoms with Gasteiger partial charge in [0.25, 0.3) is 0 Å². The van der Waals surface area contributed by atoms with E-state index in [1.165, 1.54) is 5.69 Å². The van der Waals surface area contributed by atoms with Gasteiger partial charge in [0.15, 0.2) is 0 Å². The normalized spacial score (nSPS) is 15.5. The highest BCUT2D eigenvalue weighted by atomic mass is 79.9. The number of para-hydroxylation sites is 1. The third-order valence-electron chi connectivity index (χ3n) is 4.18.